The molecule has 8 heteroatoms. The van der Waals surface area contributed by atoms with E-state index in [2.05, 4.69) is 20.6 Å². The molecule has 172 valence electrons. The van der Waals surface area contributed by atoms with Crippen molar-refractivity contribution in [2.45, 2.75) is 44.4 Å². The van der Waals surface area contributed by atoms with Crippen molar-refractivity contribution >= 4 is 38.3 Å². The van der Waals surface area contributed by atoms with Crippen LogP contribution in [0, 0.1) is 25.2 Å². The van der Waals surface area contributed by atoms with Crippen LogP contribution >= 0.6 is 11.3 Å². The number of aromatic nitrogens is 1. The average molecular weight is 489 g/mol. The number of hydrazone groups is 1. The van der Waals surface area contributed by atoms with Crippen molar-refractivity contribution in [1.29, 1.82) is 5.26 Å². The number of hydrogen-bond acceptors (Lipinski definition) is 5. The third kappa shape index (κ3) is 3.91. The number of nitrogens with one attached hydrogen (secondary N) is 1. The van der Waals surface area contributed by atoms with Crippen LogP contribution in [0.3, 0.4) is 0 Å². The Hall–Kier alpha value is -3.41. The Morgan fingerprint density at radius 2 is 1.85 bits per heavy atom. The monoisotopic (exact) mass is 488 g/mol. The molecule has 0 radical (unpaired) electrons. The summed E-state index contributed by atoms with van der Waals surface area (Å²) in [7, 11) is -3.80. The zero-order valence-electron chi connectivity index (χ0n) is 19.0. The standard InChI is InChI=1S/C26H24N4O2S2/c1-17-13-21(18(2)30(17)26-24(15-27)23-9-5-6-10-25(23)33-26)16-28-29-34(31,32)22-12-11-19-7-3-4-8-20(19)14-22/h3-4,7-8,11-14,16,29H,5-6,9-10H2,1-2H3/b28-16-. The summed E-state index contributed by atoms with van der Waals surface area (Å²) in [5.74, 6) is 0. The fraction of sp³-hybridized carbons (Fsp3) is 0.231. The molecule has 0 aliphatic heterocycles. The van der Waals surface area contributed by atoms with Gasteiger partial charge in [-0.2, -0.15) is 18.8 Å². The molecule has 6 nitrogen and oxygen atoms in total. The van der Waals surface area contributed by atoms with E-state index in [1.807, 2.05) is 44.2 Å². The van der Waals surface area contributed by atoms with E-state index < -0.39 is 10.0 Å². The largest absolute Gasteiger partial charge is 0.308 e. The average Bonchev–Trinajstić information content (AvgIpc) is 3.34. The minimum Gasteiger partial charge on any atom is -0.308 e. The van der Waals surface area contributed by atoms with Crippen molar-refractivity contribution in [2.24, 2.45) is 5.10 Å². The maximum absolute atomic E-state index is 12.8. The summed E-state index contributed by atoms with van der Waals surface area (Å²) in [5, 5.41) is 16.7. The number of sulfonamides is 1. The molecule has 0 saturated heterocycles. The molecule has 4 aromatic rings. The molecule has 0 fully saturated rings. The van der Waals surface area contributed by atoms with Gasteiger partial charge in [0.1, 0.15) is 11.1 Å². The third-order valence-electron chi connectivity index (χ3n) is 6.35. The van der Waals surface area contributed by atoms with Crippen LogP contribution in [0.1, 0.15) is 45.8 Å². The molecular formula is C26H24N4O2S2. The molecule has 1 aliphatic rings. The van der Waals surface area contributed by atoms with E-state index in [4.69, 9.17) is 0 Å². The summed E-state index contributed by atoms with van der Waals surface area (Å²) in [4.78, 5) is 3.80. The summed E-state index contributed by atoms with van der Waals surface area (Å²) in [6.45, 7) is 3.95. The van der Waals surface area contributed by atoms with Gasteiger partial charge in [-0.3, -0.25) is 0 Å². The van der Waals surface area contributed by atoms with E-state index >= 15 is 0 Å². The molecule has 0 amide bonds. The van der Waals surface area contributed by atoms with Crippen LogP contribution < -0.4 is 4.83 Å². The van der Waals surface area contributed by atoms with Gasteiger partial charge in [0.25, 0.3) is 10.0 Å². The SMILES string of the molecule is Cc1cc(/C=N\NS(=O)(=O)c2ccc3ccccc3c2)c(C)n1-c1sc2c(c1C#N)CCCC2. The molecule has 0 atom stereocenters. The first kappa shape index (κ1) is 22.4. The van der Waals surface area contributed by atoms with Gasteiger partial charge in [-0.25, -0.2) is 4.83 Å². The van der Waals surface area contributed by atoms with Gasteiger partial charge < -0.3 is 4.57 Å². The molecule has 0 saturated carbocycles. The maximum atomic E-state index is 12.8. The molecule has 2 aromatic carbocycles. The van der Waals surface area contributed by atoms with Crippen LogP contribution in [0.4, 0.5) is 0 Å². The van der Waals surface area contributed by atoms with Crippen molar-refractivity contribution in [3.63, 3.8) is 0 Å². The molecule has 0 bridgehead atoms. The first-order chi connectivity index (χ1) is 16.4. The molecule has 2 aromatic heterocycles. The lowest BCUT2D eigenvalue weighted by atomic mass is 9.96. The predicted molar refractivity (Wildman–Crippen MR) is 136 cm³/mol. The van der Waals surface area contributed by atoms with Crippen molar-refractivity contribution in [3.05, 3.63) is 81.5 Å². The van der Waals surface area contributed by atoms with Crippen LogP contribution in [-0.2, 0) is 22.9 Å². The molecule has 2 heterocycles. The fourth-order valence-corrected chi connectivity index (χ4v) is 6.88. The summed E-state index contributed by atoms with van der Waals surface area (Å²) in [6.07, 6.45) is 5.79. The van der Waals surface area contributed by atoms with Crippen LogP contribution in [0.2, 0.25) is 0 Å². The molecule has 1 aliphatic carbocycles. The van der Waals surface area contributed by atoms with Gasteiger partial charge >= 0.3 is 0 Å². The highest BCUT2D eigenvalue weighted by molar-refractivity contribution is 7.89. The fourth-order valence-electron chi connectivity index (χ4n) is 4.61. The quantitative estimate of drug-likeness (QED) is 0.303. The minimum absolute atomic E-state index is 0.164. The number of rotatable bonds is 5. The van der Waals surface area contributed by atoms with E-state index in [1.165, 1.54) is 16.7 Å². The van der Waals surface area contributed by atoms with E-state index in [1.54, 1.807) is 29.5 Å². The first-order valence-corrected chi connectivity index (χ1v) is 13.5. The van der Waals surface area contributed by atoms with Crippen molar-refractivity contribution in [2.75, 3.05) is 0 Å². The van der Waals surface area contributed by atoms with E-state index in [0.29, 0.717) is 0 Å². The molecular weight excluding hydrogens is 464 g/mol. The van der Waals surface area contributed by atoms with Gasteiger partial charge in [0.15, 0.2) is 0 Å². The van der Waals surface area contributed by atoms with Gasteiger partial charge in [0.05, 0.1) is 16.7 Å². The van der Waals surface area contributed by atoms with E-state index in [9.17, 15) is 13.7 Å². The topological polar surface area (TPSA) is 87.2 Å². The number of fused-ring (bicyclic) bond motifs is 2. The molecule has 5 rings (SSSR count). The van der Waals surface area contributed by atoms with Gasteiger partial charge in [-0.05, 0) is 74.1 Å². The van der Waals surface area contributed by atoms with Crippen LogP contribution in [-0.4, -0.2) is 19.2 Å². The first-order valence-electron chi connectivity index (χ1n) is 11.2. The highest BCUT2D eigenvalue weighted by Gasteiger charge is 2.23. The van der Waals surface area contributed by atoms with Crippen LogP contribution in [0.5, 0.6) is 0 Å². The molecule has 1 N–H and O–H groups in total. The van der Waals surface area contributed by atoms with E-state index in [0.717, 1.165) is 64.0 Å². The highest BCUT2D eigenvalue weighted by atomic mass is 32.2. The number of hydrogen-bond donors (Lipinski definition) is 1. The van der Waals surface area contributed by atoms with Crippen molar-refractivity contribution in [3.8, 4) is 11.1 Å². The second kappa shape index (κ2) is 8.75. The van der Waals surface area contributed by atoms with Crippen molar-refractivity contribution < 1.29 is 8.42 Å². The zero-order valence-corrected chi connectivity index (χ0v) is 20.6. The summed E-state index contributed by atoms with van der Waals surface area (Å²) >= 11 is 1.69. The Balaban J connectivity index is 1.43. The van der Waals surface area contributed by atoms with Crippen LogP contribution in [0.15, 0.2) is 58.5 Å². The predicted octanol–water partition coefficient (Wildman–Crippen LogP) is 5.37. The van der Waals surface area contributed by atoms with E-state index in [-0.39, 0.29) is 4.90 Å². The third-order valence-corrected chi connectivity index (χ3v) is 8.84. The molecule has 0 spiro atoms. The second-order valence-electron chi connectivity index (χ2n) is 8.53. The maximum Gasteiger partial charge on any atom is 0.276 e. The van der Waals surface area contributed by atoms with Crippen LogP contribution in [0.25, 0.3) is 15.8 Å². The molecule has 0 unspecified atom stereocenters. The van der Waals surface area contributed by atoms with Gasteiger partial charge in [0, 0.05) is 21.8 Å². The Labute approximate surface area is 203 Å². The lowest BCUT2D eigenvalue weighted by Gasteiger charge is -2.10. The Morgan fingerprint density at radius 1 is 1.09 bits per heavy atom. The number of benzene rings is 2. The number of nitrogens with zero attached hydrogens (tertiary/aromatic N) is 3. The minimum atomic E-state index is -3.80. The number of aryl methyl sites for hydroxylation is 2. The summed E-state index contributed by atoms with van der Waals surface area (Å²) < 4.78 is 27.6. The second-order valence-corrected chi connectivity index (χ2v) is 11.3. The number of nitriles is 1. The lowest BCUT2D eigenvalue weighted by Crippen LogP contribution is -2.18. The summed E-state index contributed by atoms with van der Waals surface area (Å²) in [5.41, 5.74) is 4.66. The Bertz CT molecular complexity index is 1590. The zero-order chi connectivity index (χ0) is 23.9. The highest BCUT2D eigenvalue weighted by Crippen LogP contribution is 2.38. The Morgan fingerprint density at radius 3 is 2.65 bits per heavy atom. The number of thiophene rings is 1. The van der Waals surface area contributed by atoms with Crippen molar-refractivity contribution in [1.82, 2.24) is 9.40 Å². The lowest BCUT2D eigenvalue weighted by molar-refractivity contribution is 0.585. The smallest absolute Gasteiger partial charge is 0.276 e. The normalized spacial score (nSPS) is 13.8. The Kier molecular flexibility index (Phi) is 5.76. The molecule has 34 heavy (non-hydrogen) atoms. The van der Waals surface area contributed by atoms with Gasteiger partial charge in [-0.1, -0.05) is 30.3 Å². The van der Waals surface area contributed by atoms with Gasteiger partial charge in [0.2, 0.25) is 0 Å². The van der Waals surface area contributed by atoms with Gasteiger partial charge in [-0.15, -0.1) is 11.3 Å². The summed E-state index contributed by atoms with van der Waals surface area (Å²) in [6, 6.07) is 17.0.